The molecule has 34 N–H and O–H groups in total. The molecule has 0 aliphatic carbocycles. The van der Waals surface area contributed by atoms with E-state index in [1.807, 2.05) is 0 Å². The summed E-state index contributed by atoms with van der Waals surface area (Å²) in [5.74, 6) is -12.7. The summed E-state index contributed by atoms with van der Waals surface area (Å²) in [5, 5.41) is 50.4. The van der Waals surface area contributed by atoms with Crippen molar-refractivity contribution in [3.63, 3.8) is 0 Å². The van der Waals surface area contributed by atoms with E-state index in [2.05, 4.69) is 78.8 Å². The first-order valence-electron chi connectivity index (χ1n) is 33.4. The third kappa shape index (κ3) is 36.9. The zero-order valence-corrected chi connectivity index (χ0v) is 58.0. The summed E-state index contributed by atoms with van der Waals surface area (Å²) in [6, 6.07) is 2.96. The highest BCUT2D eigenvalue weighted by atomic mass is 16.3. The molecule has 2 rings (SSSR count). The van der Waals surface area contributed by atoms with Gasteiger partial charge >= 0.3 is 0 Å². The number of unbranched alkanes of at least 4 members (excludes halogenated alkanes) is 1. The standard InChI is InChI=1S/C63H105N25O15/c1-35(80-48(92)33-79-60(103)50(36(2)90)88-58(101)45(30-38-17-7-4-8-18-38)81-49(93)32-77-47(91)31-78-53(96)39(66)29-37-15-5-3-6-16-37)52(95)83-42(21-12-26-74-61(68)69)55(98)84-41(20-11-25-65)57(100)87-46(34-89)59(102)86-44(23-14-28-76-63(72)73)56(99)85-43(22-13-27-75-62(70)71)54(97)82-40(51(67)94)19-9-10-24-64/h3-8,15-18,35-36,39-46,50,89-90H,9-14,19-34,64-66H2,1-2H3,(H2,67,94)(H,77,91)(H,78,96)(H,79,103)(H,80,92)(H,81,93)(H,82,97)(H,83,95)(H,84,98)(H,85,99)(H,86,102)(H,87,100)(H,88,101)(H4,68,69,74)(H4,70,71,75)(H4,72,73,76)/t35-,36+,39-,40-,41-,42-,43-,44-,45-,46-,50-/m0/s1. The number of nitrogens with two attached hydrogens (primary N) is 10. The SMILES string of the molecule is C[C@H](NC(=O)CNC(=O)[C@@H](NC(=O)[C@H](Cc1ccccc1)NC(=O)CNC(=O)CNC(=O)[C@@H](N)Cc1ccccc1)[C@@H](C)O)C(=O)N[C@@H](CCCN=C(N)N)C(=O)N[C@@H](CCCN)C(=O)N[C@@H](CO)C(=O)N[C@@H](CCCN=C(N)N)C(=O)N[C@@H](CCCN=C(N)N)C(=O)N[C@@H](CCCCN)C(N)=O. The number of rotatable bonds is 50. The minimum atomic E-state index is -1.81. The summed E-state index contributed by atoms with van der Waals surface area (Å²) in [4.78, 5) is 187. The zero-order valence-electron chi connectivity index (χ0n) is 58.0. The van der Waals surface area contributed by atoms with E-state index in [9.17, 15) is 72.5 Å². The molecule has 11 atom stereocenters. The molecule has 572 valence electrons. The predicted octanol–water partition coefficient (Wildman–Crippen LogP) is -10.6. The highest BCUT2D eigenvalue weighted by Gasteiger charge is 2.35. The lowest BCUT2D eigenvalue weighted by Crippen LogP contribution is -2.60. The molecule has 0 aliphatic rings. The number of carbonyl (C=O) groups excluding carboxylic acids is 13. The third-order valence-electron chi connectivity index (χ3n) is 15.2. The van der Waals surface area contributed by atoms with Crippen molar-refractivity contribution in [2.75, 3.05) is 59.0 Å². The van der Waals surface area contributed by atoms with E-state index in [1.165, 1.54) is 6.92 Å². The van der Waals surface area contributed by atoms with Gasteiger partial charge < -0.3 is 131 Å². The molecule has 0 heterocycles. The summed E-state index contributed by atoms with van der Waals surface area (Å²) < 4.78 is 0. The van der Waals surface area contributed by atoms with Crippen molar-refractivity contribution in [1.82, 2.24) is 63.8 Å². The monoisotopic (exact) mass is 1450 g/mol. The minimum Gasteiger partial charge on any atom is -0.394 e. The Morgan fingerprint density at radius 2 is 0.757 bits per heavy atom. The molecule has 0 unspecified atom stereocenters. The molecule has 40 heteroatoms. The largest absolute Gasteiger partial charge is 0.394 e. The van der Waals surface area contributed by atoms with Gasteiger partial charge in [0, 0.05) is 26.1 Å². The van der Waals surface area contributed by atoms with Crippen LogP contribution in [-0.4, -0.2) is 230 Å². The van der Waals surface area contributed by atoms with Gasteiger partial charge in [0.15, 0.2) is 17.9 Å². The van der Waals surface area contributed by atoms with Crippen LogP contribution in [0.5, 0.6) is 0 Å². The lowest BCUT2D eigenvalue weighted by molar-refractivity contribution is -0.136. The van der Waals surface area contributed by atoms with Gasteiger partial charge in [-0.1, -0.05) is 60.7 Å². The maximum absolute atomic E-state index is 14.2. The first-order chi connectivity index (χ1) is 48.9. The van der Waals surface area contributed by atoms with Gasteiger partial charge in [0.05, 0.1) is 38.4 Å². The van der Waals surface area contributed by atoms with Crippen molar-refractivity contribution in [2.45, 2.75) is 164 Å². The molecule has 0 aliphatic heterocycles. The molecule has 0 fully saturated rings. The molecule has 103 heavy (non-hydrogen) atoms. The van der Waals surface area contributed by atoms with Crippen LogP contribution in [0.15, 0.2) is 75.6 Å². The second kappa shape index (κ2) is 48.9. The number of benzene rings is 2. The number of guanidine groups is 3. The molecular formula is C63H105N25O15. The van der Waals surface area contributed by atoms with Gasteiger partial charge in [0.2, 0.25) is 76.8 Å². The topological polar surface area (TPSA) is 704 Å². The predicted molar refractivity (Wildman–Crippen MR) is 379 cm³/mol. The van der Waals surface area contributed by atoms with Gasteiger partial charge in [-0.15, -0.1) is 0 Å². The normalized spacial score (nSPS) is 14.0. The molecule has 2 aromatic rings. The van der Waals surface area contributed by atoms with Crippen LogP contribution >= 0.6 is 0 Å². The number of hydrogen-bond acceptors (Lipinski definition) is 21. The molecule has 0 saturated heterocycles. The Bertz CT molecular complexity index is 3170. The smallest absolute Gasteiger partial charge is 0.245 e. The molecular weight excluding hydrogens is 1350 g/mol. The molecule has 0 saturated carbocycles. The summed E-state index contributed by atoms with van der Waals surface area (Å²) in [6.45, 7) is -0.424. The molecule has 13 amide bonds. The van der Waals surface area contributed by atoms with E-state index < -0.39 is 170 Å². The van der Waals surface area contributed by atoms with Crippen LogP contribution in [0, 0.1) is 0 Å². The average Bonchev–Trinajstić information content (AvgIpc) is 0.870. The fraction of sp³-hybridized carbons (Fsp3) is 0.556. The molecule has 0 spiro atoms. The Hall–Kier alpha value is -10.8. The second-order valence-electron chi connectivity index (χ2n) is 23.8. The third-order valence-corrected chi connectivity index (χ3v) is 15.2. The van der Waals surface area contributed by atoms with Gasteiger partial charge in [0.25, 0.3) is 0 Å². The number of aliphatic imine (C=N–C) groups is 3. The van der Waals surface area contributed by atoms with Crippen molar-refractivity contribution >= 4 is 94.7 Å². The minimum absolute atomic E-state index is 0.00676. The fourth-order valence-corrected chi connectivity index (χ4v) is 9.64. The van der Waals surface area contributed by atoms with Gasteiger partial charge in [-0.3, -0.25) is 77.3 Å². The number of nitrogens with one attached hydrogen (secondary N) is 12. The van der Waals surface area contributed by atoms with Crippen LogP contribution in [0.3, 0.4) is 0 Å². The van der Waals surface area contributed by atoms with E-state index in [1.54, 1.807) is 60.7 Å². The number of aliphatic hydroxyl groups excluding tert-OH is 2. The number of carbonyl (C=O) groups is 13. The van der Waals surface area contributed by atoms with E-state index >= 15 is 0 Å². The summed E-state index contributed by atoms with van der Waals surface area (Å²) >= 11 is 0. The van der Waals surface area contributed by atoms with Crippen LogP contribution in [0.2, 0.25) is 0 Å². The molecule has 0 aromatic heterocycles. The van der Waals surface area contributed by atoms with Gasteiger partial charge in [0.1, 0.15) is 54.4 Å². The van der Waals surface area contributed by atoms with E-state index in [-0.39, 0.29) is 115 Å². The lowest BCUT2D eigenvalue weighted by atomic mass is 10.0. The van der Waals surface area contributed by atoms with E-state index in [0.717, 1.165) is 12.5 Å². The molecule has 0 radical (unpaired) electrons. The van der Waals surface area contributed by atoms with Crippen molar-refractivity contribution in [2.24, 2.45) is 72.3 Å². The highest BCUT2D eigenvalue weighted by Crippen LogP contribution is 2.11. The van der Waals surface area contributed by atoms with Crippen molar-refractivity contribution in [1.29, 1.82) is 0 Å². The van der Waals surface area contributed by atoms with Crippen molar-refractivity contribution in [3.8, 4) is 0 Å². The van der Waals surface area contributed by atoms with Crippen molar-refractivity contribution < 1.29 is 72.5 Å². The summed E-state index contributed by atoms with van der Waals surface area (Å²) in [7, 11) is 0. The number of aliphatic hydroxyl groups is 2. The van der Waals surface area contributed by atoms with Gasteiger partial charge in [-0.05, 0) is 115 Å². The highest BCUT2D eigenvalue weighted by molar-refractivity contribution is 5.99. The Morgan fingerprint density at radius 3 is 1.19 bits per heavy atom. The van der Waals surface area contributed by atoms with Crippen LogP contribution in [0.4, 0.5) is 0 Å². The van der Waals surface area contributed by atoms with Crippen LogP contribution in [-0.2, 0) is 75.2 Å². The molecule has 40 nitrogen and oxygen atoms in total. The Kier molecular flexibility index (Phi) is 41.9. The second-order valence-corrected chi connectivity index (χ2v) is 23.8. The maximum Gasteiger partial charge on any atom is 0.245 e. The van der Waals surface area contributed by atoms with Crippen LogP contribution in [0.1, 0.15) is 95.6 Å². The van der Waals surface area contributed by atoms with Crippen LogP contribution < -0.4 is 121 Å². The van der Waals surface area contributed by atoms with Crippen molar-refractivity contribution in [3.05, 3.63) is 71.8 Å². The quantitative estimate of drug-likeness (QED) is 0.0166. The number of hydrogen-bond donors (Lipinski definition) is 24. The van der Waals surface area contributed by atoms with Gasteiger partial charge in [-0.25, -0.2) is 0 Å². The first-order valence-corrected chi connectivity index (χ1v) is 33.4. The Morgan fingerprint density at radius 1 is 0.388 bits per heavy atom. The zero-order chi connectivity index (χ0) is 77.0. The Balaban J connectivity index is 2.25. The summed E-state index contributed by atoms with van der Waals surface area (Å²) in [6.07, 6.45) is -0.732. The summed E-state index contributed by atoms with van der Waals surface area (Å²) in [5.41, 5.74) is 57.2. The maximum atomic E-state index is 14.2. The lowest BCUT2D eigenvalue weighted by Gasteiger charge is -2.27. The first kappa shape index (κ1) is 88.2. The van der Waals surface area contributed by atoms with E-state index in [0.29, 0.717) is 24.9 Å². The van der Waals surface area contributed by atoms with Crippen LogP contribution in [0.25, 0.3) is 0 Å². The molecule has 2 aromatic carbocycles. The van der Waals surface area contributed by atoms with E-state index in [4.69, 9.17) is 57.3 Å². The Labute approximate surface area is 595 Å². The number of primary amides is 1. The molecule has 0 bridgehead atoms. The average molecular weight is 1450 g/mol. The fourth-order valence-electron chi connectivity index (χ4n) is 9.64. The number of nitrogens with zero attached hydrogens (tertiary/aromatic N) is 3. The number of amides is 13. The van der Waals surface area contributed by atoms with Gasteiger partial charge in [-0.2, -0.15) is 0 Å².